The van der Waals surface area contributed by atoms with Crippen LogP contribution in [0.5, 0.6) is 0 Å². The maximum atomic E-state index is 2.48. The highest BCUT2D eigenvalue weighted by atomic mass is 32.2. The zero-order valence-corrected chi connectivity index (χ0v) is 17.2. The molecule has 1 nitrogen and oxygen atoms in total. The summed E-state index contributed by atoms with van der Waals surface area (Å²) in [6, 6.07) is 43.6. The van der Waals surface area contributed by atoms with Crippen LogP contribution in [-0.2, 0) is 6.54 Å². The minimum atomic E-state index is 0.309. The summed E-state index contributed by atoms with van der Waals surface area (Å²) in [4.78, 5) is 1.30. The fourth-order valence-electron chi connectivity index (χ4n) is 3.62. The summed E-state index contributed by atoms with van der Waals surface area (Å²) in [5.74, 6) is 0. The van der Waals surface area contributed by atoms with Crippen LogP contribution < -0.4 is 5.32 Å². The van der Waals surface area contributed by atoms with Crippen molar-refractivity contribution < 1.29 is 5.32 Å². The van der Waals surface area contributed by atoms with Gasteiger partial charge in [0, 0.05) is 16.0 Å². The van der Waals surface area contributed by atoms with Crippen molar-refractivity contribution in [1.29, 1.82) is 0 Å². The highest BCUT2D eigenvalue weighted by Gasteiger charge is 2.29. The van der Waals surface area contributed by atoms with E-state index in [0.717, 1.165) is 6.54 Å². The summed E-state index contributed by atoms with van der Waals surface area (Å²) in [6.45, 7) is 0.957. The zero-order valence-electron chi connectivity index (χ0n) is 16.4. The van der Waals surface area contributed by atoms with Crippen LogP contribution in [0.4, 0.5) is 0 Å². The number of benzene rings is 4. The minimum Gasteiger partial charge on any atom is -0.335 e. The molecule has 144 valence electrons. The van der Waals surface area contributed by atoms with Crippen LogP contribution in [0, 0.1) is 0 Å². The lowest BCUT2D eigenvalue weighted by Gasteiger charge is -2.26. The zero-order chi connectivity index (χ0) is 19.7. The molecule has 0 saturated heterocycles. The molecule has 0 unspecified atom stereocenters. The van der Waals surface area contributed by atoms with Gasteiger partial charge in [-0.2, -0.15) is 0 Å². The van der Waals surface area contributed by atoms with E-state index in [4.69, 9.17) is 0 Å². The first-order valence-corrected chi connectivity index (χ1v) is 11.0. The molecule has 0 aromatic heterocycles. The third kappa shape index (κ3) is 5.38. The van der Waals surface area contributed by atoms with Crippen LogP contribution in [0.3, 0.4) is 0 Å². The SMILES string of the molecule is c1ccc(C[NH2+][C@H](c2ccccc2)[C@H](Sc2ccccc2)c2ccccc2)cc1. The normalized spacial score (nSPS) is 13.0. The van der Waals surface area contributed by atoms with Gasteiger partial charge in [0.2, 0.25) is 0 Å². The van der Waals surface area contributed by atoms with E-state index in [2.05, 4.69) is 127 Å². The summed E-state index contributed by atoms with van der Waals surface area (Å²) in [5.41, 5.74) is 4.07. The Balaban J connectivity index is 1.68. The van der Waals surface area contributed by atoms with Gasteiger partial charge >= 0.3 is 0 Å². The van der Waals surface area contributed by atoms with Crippen LogP contribution in [-0.4, -0.2) is 0 Å². The monoisotopic (exact) mass is 396 g/mol. The Labute approximate surface area is 177 Å². The van der Waals surface area contributed by atoms with E-state index in [-0.39, 0.29) is 0 Å². The van der Waals surface area contributed by atoms with Crippen molar-refractivity contribution >= 4 is 11.8 Å². The Morgan fingerprint density at radius 1 is 0.552 bits per heavy atom. The average molecular weight is 397 g/mol. The second kappa shape index (κ2) is 10.1. The highest BCUT2D eigenvalue weighted by molar-refractivity contribution is 7.99. The van der Waals surface area contributed by atoms with E-state index >= 15 is 0 Å². The van der Waals surface area contributed by atoms with Gasteiger partial charge in [0.25, 0.3) is 0 Å². The molecule has 0 fully saturated rings. The van der Waals surface area contributed by atoms with Gasteiger partial charge in [-0.05, 0) is 17.7 Å². The number of rotatable bonds is 8. The molecule has 2 N–H and O–H groups in total. The molecule has 2 atom stereocenters. The molecule has 0 radical (unpaired) electrons. The van der Waals surface area contributed by atoms with E-state index in [0.29, 0.717) is 11.3 Å². The van der Waals surface area contributed by atoms with Gasteiger partial charge in [-0.1, -0.05) is 109 Å². The summed E-state index contributed by atoms with van der Waals surface area (Å²) in [6.07, 6.45) is 0. The van der Waals surface area contributed by atoms with Crippen LogP contribution in [0.1, 0.15) is 28.0 Å². The predicted molar refractivity (Wildman–Crippen MR) is 123 cm³/mol. The van der Waals surface area contributed by atoms with Gasteiger partial charge in [0.1, 0.15) is 12.6 Å². The van der Waals surface area contributed by atoms with Crippen LogP contribution in [0.25, 0.3) is 0 Å². The first-order chi connectivity index (χ1) is 14.4. The summed E-state index contributed by atoms with van der Waals surface area (Å²) in [7, 11) is 0. The third-order valence-corrected chi connectivity index (χ3v) is 6.46. The Bertz CT molecular complexity index is 972. The van der Waals surface area contributed by atoms with Crippen molar-refractivity contribution in [3.8, 4) is 0 Å². The molecular weight excluding hydrogens is 370 g/mol. The van der Waals surface area contributed by atoms with E-state index < -0.39 is 0 Å². The molecule has 29 heavy (non-hydrogen) atoms. The molecule has 0 heterocycles. The molecule has 0 bridgehead atoms. The fourth-order valence-corrected chi connectivity index (χ4v) is 4.94. The van der Waals surface area contributed by atoms with E-state index in [1.54, 1.807) is 0 Å². The number of hydrogen-bond acceptors (Lipinski definition) is 1. The van der Waals surface area contributed by atoms with Crippen molar-refractivity contribution in [3.05, 3.63) is 138 Å². The molecule has 2 heteroatoms. The maximum Gasteiger partial charge on any atom is 0.128 e. The lowest BCUT2D eigenvalue weighted by atomic mass is 9.98. The largest absolute Gasteiger partial charge is 0.335 e. The highest BCUT2D eigenvalue weighted by Crippen LogP contribution is 2.42. The Morgan fingerprint density at radius 3 is 1.62 bits per heavy atom. The number of quaternary nitrogens is 1. The molecule has 0 aliphatic rings. The second-order valence-corrected chi connectivity index (χ2v) is 8.34. The molecule has 4 aromatic rings. The first kappa shape index (κ1) is 19.5. The Hall–Kier alpha value is -2.81. The van der Waals surface area contributed by atoms with Crippen molar-refractivity contribution in [3.63, 3.8) is 0 Å². The lowest BCUT2D eigenvalue weighted by molar-refractivity contribution is -0.711. The Morgan fingerprint density at radius 2 is 1.03 bits per heavy atom. The lowest BCUT2D eigenvalue weighted by Crippen LogP contribution is -2.84. The average Bonchev–Trinajstić information content (AvgIpc) is 2.81. The third-order valence-electron chi connectivity index (χ3n) is 5.10. The smallest absolute Gasteiger partial charge is 0.128 e. The molecule has 0 spiro atoms. The summed E-state index contributed by atoms with van der Waals surface area (Å²) < 4.78 is 0. The quantitative estimate of drug-likeness (QED) is 0.360. The van der Waals surface area contributed by atoms with Gasteiger partial charge < -0.3 is 5.32 Å². The van der Waals surface area contributed by atoms with E-state index in [1.807, 2.05) is 11.8 Å². The summed E-state index contributed by atoms with van der Waals surface area (Å²) >= 11 is 1.95. The first-order valence-electron chi connectivity index (χ1n) is 10.1. The van der Waals surface area contributed by atoms with Crippen molar-refractivity contribution in [2.45, 2.75) is 22.7 Å². The van der Waals surface area contributed by atoms with Gasteiger partial charge in [0.15, 0.2) is 0 Å². The van der Waals surface area contributed by atoms with E-state index in [1.165, 1.54) is 21.6 Å². The standard InChI is InChI=1S/C27H25NS/c1-5-13-22(14-6-1)21-28-26(23-15-7-2-8-16-23)27(24-17-9-3-10-18-24)29-25-19-11-4-12-20-25/h1-20,26-28H,21H2/p+1/t26-,27-/m1/s1. The van der Waals surface area contributed by atoms with Gasteiger partial charge in [-0.25, -0.2) is 0 Å². The molecule has 4 aromatic carbocycles. The molecule has 0 aliphatic heterocycles. The van der Waals surface area contributed by atoms with Gasteiger partial charge in [0.05, 0.1) is 5.25 Å². The molecular formula is C27H26NS+. The second-order valence-electron chi connectivity index (χ2n) is 7.12. The van der Waals surface area contributed by atoms with Crippen LogP contribution in [0.2, 0.25) is 0 Å². The minimum absolute atomic E-state index is 0.309. The van der Waals surface area contributed by atoms with E-state index in [9.17, 15) is 0 Å². The molecule has 0 amide bonds. The predicted octanol–water partition coefficient (Wildman–Crippen LogP) is 6.02. The topological polar surface area (TPSA) is 16.6 Å². The van der Waals surface area contributed by atoms with Gasteiger partial charge in [-0.3, -0.25) is 0 Å². The Kier molecular flexibility index (Phi) is 6.80. The molecule has 0 aliphatic carbocycles. The van der Waals surface area contributed by atoms with Gasteiger partial charge in [-0.15, -0.1) is 11.8 Å². The number of thioether (sulfide) groups is 1. The summed E-state index contributed by atoms with van der Waals surface area (Å²) in [5, 5.41) is 2.79. The fraction of sp³-hybridized carbons (Fsp3) is 0.111. The maximum absolute atomic E-state index is 2.48. The van der Waals surface area contributed by atoms with Crippen LogP contribution in [0.15, 0.2) is 126 Å². The van der Waals surface area contributed by atoms with Crippen molar-refractivity contribution in [1.82, 2.24) is 0 Å². The number of nitrogens with two attached hydrogens (primary N) is 1. The van der Waals surface area contributed by atoms with Crippen molar-refractivity contribution in [2.75, 3.05) is 0 Å². The molecule has 0 saturated carbocycles. The number of hydrogen-bond donors (Lipinski definition) is 1. The van der Waals surface area contributed by atoms with Crippen molar-refractivity contribution in [2.24, 2.45) is 0 Å². The molecule has 4 rings (SSSR count). The van der Waals surface area contributed by atoms with Crippen LogP contribution >= 0.6 is 11.8 Å².